The summed E-state index contributed by atoms with van der Waals surface area (Å²) in [4.78, 5) is 25.9. The molecule has 0 aliphatic carbocycles. The molecule has 0 atom stereocenters. The molecule has 0 bridgehead atoms. The number of piperidine rings is 1. The van der Waals surface area contributed by atoms with E-state index in [0.29, 0.717) is 43.7 Å². The van der Waals surface area contributed by atoms with Crippen molar-refractivity contribution >= 4 is 23.6 Å². The molecule has 8 nitrogen and oxygen atoms in total. The number of thioether (sulfide) groups is 1. The fraction of sp³-hybridized carbons (Fsp3) is 0.500. The van der Waals surface area contributed by atoms with Gasteiger partial charge in [-0.1, -0.05) is 29.5 Å². The number of carbonyl (C=O) groups excluding carboxylic acids is 2. The number of carbonyl (C=O) groups is 2. The highest BCUT2D eigenvalue weighted by molar-refractivity contribution is 7.99. The highest BCUT2D eigenvalue weighted by Crippen LogP contribution is 2.22. The van der Waals surface area contributed by atoms with E-state index in [-0.39, 0.29) is 30.2 Å². The highest BCUT2D eigenvalue weighted by Gasteiger charge is 2.28. The van der Waals surface area contributed by atoms with Gasteiger partial charge in [0.1, 0.15) is 5.75 Å². The summed E-state index contributed by atoms with van der Waals surface area (Å²) < 4.78 is 16.2. The lowest BCUT2D eigenvalue weighted by Gasteiger charge is -2.30. The molecular weight excluding hydrogens is 394 g/mol. The molecule has 0 saturated carbocycles. The van der Waals surface area contributed by atoms with Crippen LogP contribution in [0.3, 0.4) is 0 Å². The SMILES string of the molecule is CCOC(=O)C1CCN(C(=O)CSc2nnc(COc3ccc(C)cc3)o2)CC1. The van der Waals surface area contributed by atoms with Crippen LogP contribution in [-0.4, -0.2) is 52.4 Å². The van der Waals surface area contributed by atoms with Crippen molar-refractivity contribution in [1.82, 2.24) is 15.1 Å². The van der Waals surface area contributed by atoms with Crippen molar-refractivity contribution in [3.05, 3.63) is 35.7 Å². The van der Waals surface area contributed by atoms with Gasteiger partial charge in [-0.2, -0.15) is 0 Å². The fourth-order valence-corrected chi connectivity index (χ4v) is 3.66. The lowest BCUT2D eigenvalue weighted by molar-refractivity contribution is -0.151. The molecule has 1 fully saturated rings. The van der Waals surface area contributed by atoms with E-state index in [1.54, 1.807) is 11.8 Å². The fourth-order valence-electron chi connectivity index (χ4n) is 2.97. The first-order valence-corrected chi connectivity index (χ1v) is 10.6. The van der Waals surface area contributed by atoms with Gasteiger partial charge < -0.3 is 18.8 Å². The topological polar surface area (TPSA) is 94.8 Å². The van der Waals surface area contributed by atoms with Gasteiger partial charge in [-0.3, -0.25) is 9.59 Å². The van der Waals surface area contributed by atoms with Crippen LogP contribution in [0.4, 0.5) is 0 Å². The first-order valence-electron chi connectivity index (χ1n) is 9.64. The molecule has 1 aliphatic rings. The molecule has 1 saturated heterocycles. The van der Waals surface area contributed by atoms with Gasteiger partial charge in [0, 0.05) is 13.1 Å². The van der Waals surface area contributed by atoms with E-state index in [2.05, 4.69) is 10.2 Å². The van der Waals surface area contributed by atoms with E-state index in [4.69, 9.17) is 13.9 Å². The van der Waals surface area contributed by atoms with E-state index in [1.165, 1.54) is 11.8 Å². The normalized spacial score (nSPS) is 14.6. The highest BCUT2D eigenvalue weighted by atomic mass is 32.2. The van der Waals surface area contributed by atoms with E-state index in [1.807, 2.05) is 31.2 Å². The van der Waals surface area contributed by atoms with Gasteiger partial charge >= 0.3 is 5.97 Å². The molecule has 29 heavy (non-hydrogen) atoms. The van der Waals surface area contributed by atoms with Gasteiger partial charge in [-0.15, -0.1) is 10.2 Å². The molecule has 1 aromatic heterocycles. The van der Waals surface area contributed by atoms with Crippen LogP contribution in [0.15, 0.2) is 33.9 Å². The number of esters is 1. The number of aryl methyl sites for hydroxylation is 1. The van der Waals surface area contributed by atoms with Crippen molar-refractivity contribution in [2.45, 2.75) is 38.5 Å². The maximum atomic E-state index is 12.4. The molecule has 2 aromatic rings. The van der Waals surface area contributed by atoms with Crippen molar-refractivity contribution in [2.75, 3.05) is 25.4 Å². The van der Waals surface area contributed by atoms with Crippen LogP contribution in [0.2, 0.25) is 0 Å². The molecule has 3 rings (SSSR count). The summed E-state index contributed by atoms with van der Waals surface area (Å²) >= 11 is 1.20. The van der Waals surface area contributed by atoms with Crippen molar-refractivity contribution < 1.29 is 23.5 Å². The van der Waals surface area contributed by atoms with Crippen LogP contribution in [0.1, 0.15) is 31.2 Å². The Hall–Kier alpha value is -2.55. The maximum absolute atomic E-state index is 12.4. The van der Waals surface area contributed by atoms with Crippen molar-refractivity contribution in [2.24, 2.45) is 5.92 Å². The summed E-state index contributed by atoms with van der Waals surface area (Å²) in [6, 6.07) is 7.69. The third-order valence-corrected chi connectivity index (χ3v) is 5.42. The van der Waals surface area contributed by atoms with Gasteiger partial charge in [0.25, 0.3) is 11.1 Å². The number of nitrogens with zero attached hydrogens (tertiary/aromatic N) is 3. The monoisotopic (exact) mass is 419 g/mol. The Morgan fingerprint density at radius 2 is 1.93 bits per heavy atom. The number of aromatic nitrogens is 2. The molecule has 1 aliphatic heterocycles. The van der Waals surface area contributed by atoms with E-state index >= 15 is 0 Å². The summed E-state index contributed by atoms with van der Waals surface area (Å²) in [6.07, 6.45) is 1.27. The minimum absolute atomic E-state index is 0.00651. The predicted octanol–water partition coefficient (Wildman–Crippen LogP) is 2.85. The largest absolute Gasteiger partial charge is 0.484 e. The Kier molecular flexibility index (Phi) is 7.51. The molecular formula is C20H25N3O5S. The van der Waals surface area contributed by atoms with Gasteiger partial charge in [-0.25, -0.2) is 0 Å². The standard InChI is InChI=1S/C20H25N3O5S/c1-3-26-19(25)15-8-10-23(11-9-15)18(24)13-29-20-22-21-17(28-20)12-27-16-6-4-14(2)5-7-16/h4-7,15H,3,8-13H2,1-2H3. The van der Waals surface area contributed by atoms with E-state index < -0.39 is 0 Å². The average Bonchev–Trinajstić information content (AvgIpc) is 3.20. The Bertz CT molecular complexity index is 816. The van der Waals surface area contributed by atoms with Gasteiger partial charge in [-0.05, 0) is 38.8 Å². The molecule has 0 radical (unpaired) electrons. The van der Waals surface area contributed by atoms with Crippen molar-refractivity contribution in [3.8, 4) is 5.75 Å². The van der Waals surface area contributed by atoms with E-state index in [0.717, 1.165) is 11.3 Å². The molecule has 0 spiro atoms. The van der Waals surface area contributed by atoms with Crippen LogP contribution < -0.4 is 4.74 Å². The second-order valence-corrected chi connectivity index (χ2v) is 7.69. The molecule has 9 heteroatoms. The number of likely N-dealkylation sites (tertiary alicyclic amines) is 1. The van der Waals surface area contributed by atoms with Gasteiger partial charge in [0.05, 0.1) is 18.3 Å². The van der Waals surface area contributed by atoms with Crippen LogP contribution in [-0.2, 0) is 20.9 Å². The molecule has 1 aromatic carbocycles. The smallest absolute Gasteiger partial charge is 0.309 e. The Balaban J connectivity index is 1.39. The first-order chi connectivity index (χ1) is 14.0. The summed E-state index contributed by atoms with van der Waals surface area (Å²) in [6.45, 7) is 5.48. The third-order valence-electron chi connectivity index (χ3n) is 4.62. The van der Waals surface area contributed by atoms with Gasteiger partial charge in [0.2, 0.25) is 5.91 Å². The van der Waals surface area contributed by atoms with E-state index in [9.17, 15) is 9.59 Å². The minimum atomic E-state index is -0.166. The number of amides is 1. The van der Waals surface area contributed by atoms with Gasteiger partial charge in [0.15, 0.2) is 6.61 Å². The zero-order valence-corrected chi connectivity index (χ0v) is 17.4. The van der Waals surface area contributed by atoms with Crippen molar-refractivity contribution in [3.63, 3.8) is 0 Å². The molecule has 156 valence electrons. The molecule has 1 amide bonds. The van der Waals surface area contributed by atoms with Crippen molar-refractivity contribution in [1.29, 1.82) is 0 Å². The molecule has 0 N–H and O–H groups in total. The summed E-state index contributed by atoms with van der Waals surface area (Å²) in [5.74, 6) is 1.01. The summed E-state index contributed by atoms with van der Waals surface area (Å²) in [5, 5.41) is 8.23. The quantitative estimate of drug-likeness (QED) is 0.476. The second kappa shape index (κ2) is 10.3. The maximum Gasteiger partial charge on any atom is 0.309 e. The third kappa shape index (κ3) is 6.22. The van der Waals surface area contributed by atoms with Crippen LogP contribution in [0.25, 0.3) is 0 Å². The van der Waals surface area contributed by atoms with Crippen LogP contribution in [0, 0.1) is 12.8 Å². The summed E-state index contributed by atoms with van der Waals surface area (Å²) in [7, 11) is 0. The number of hydrogen-bond donors (Lipinski definition) is 0. The predicted molar refractivity (Wildman–Crippen MR) is 106 cm³/mol. The second-order valence-electron chi connectivity index (χ2n) is 6.76. The zero-order valence-electron chi connectivity index (χ0n) is 16.6. The molecule has 2 heterocycles. The average molecular weight is 420 g/mol. The van der Waals surface area contributed by atoms with Crippen LogP contribution in [0.5, 0.6) is 5.75 Å². The number of hydrogen-bond acceptors (Lipinski definition) is 8. The number of benzene rings is 1. The zero-order chi connectivity index (χ0) is 20.6. The van der Waals surface area contributed by atoms with Crippen LogP contribution >= 0.6 is 11.8 Å². The Morgan fingerprint density at radius 1 is 1.21 bits per heavy atom. The number of ether oxygens (including phenoxy) is 2. The number of rotatable bonds is 8. The minimum Gasteiger partial charge on any atom is -0.484 e. The Labute approximate surface area is 173 Å². The lowest BCUT2D eigenvalue weighted by Crippen LogP contribution is -2.41. The summed E-state index contributed by atoms with van der Waals surface area (Å²) in [5.41, 5.74) is 1.16. The lowest BCUT2D eigenvalue weighted by atomic mass is 9.97. The Morgan fingerprint density at radius 3 is 2.62 bits per heavy atom. The molecule has 0 unspecified atom stereocenters. The first kappa shape index (κ1) is 21.2.